The lowest BCUT2D eigenvalue weighted by atomic mass is 10.1. The minimum atomic E-state index is -1.28. The Morgan fingerprint density at radius 1 is 0.872 bits per heavy atom. The highest BCUT2D eigenvalue weighted by Crippen LogP contribution is 2.21. The average Bonchev–Trinajstić information content (AvgIpc) is 3.68. The van der Waals surface area contributed by atoms with Gasteiger partial charge in [0.1, 0.15) is 24.7 Å². The van der Waals surface area contributed by atoms with Gasteiger partial charge in [0.2, 0.25) is 35.4 Å². The Morgan fingerprint density at radius 2 is 1.54 bits per heavy atom. The van der Waals surface area contributed by atoms with Crippen molar-refractivity contribution in [2.45, 2.75) is 75.5 Å². The van der Waals surface area contributed by atoms with Crippen LogP contribution in [0.2, 0.25) is 0 Å². The van der Waals surface area contributed by atoms with Crippen LogP contribution in [0.5, 0.6) is 0 Å². The summed E-state index contributed by atoms with van der Waals surface area (Å²) in [6.07, 6.45) is 3.31. The molecule has 39 heavy (non-hydrogen) atoms. The molecule has 3 rings (SSSR count). The number of aliphatic carboxylic acids is 1. The molecule has 3 saturated heterocycles. The van der Waals surface area contributed by atoms with Crippen LogP contribution in [0.25, 0.3) is 0 Å². The molecule has 3 aliphatic heterocycles. The lowest BCUT2D eigenvalue weighted by Gasteiger charge is -2.28. The molecule has 0 bridgehead atoms. The topological polar surface area (TPSA) is 220 Å². The molecule has 216 valence electrons. The Morgan fingerprint density at radius 3 is 2.15 bits per heavy atom. The van der Waals surface area contributed by atoms with Crippen LogP contribution in [-0.4, -0.2) is 113 Å². The van der Waals surface area contributed by atoms with E-state index in [1.165, 1.54) is 4.90 Å². The van der Waals surface area contributed by atoms with Gasteiger partial charge in [-0.1, -0.05) is 0 Å². The maximum absolute atomic E-state index is 13.0. The van der Waals surface area contributed by atoms with Crippen LogP contribution in [0.15, 0.2) is 0 Å². The van der Waals surface area contributed by atoms with E-state index in [0.717, 1.165) is 19.4 Å². The molecule has 6 amide bonds. The van der Waals surface area contributed by atoms with Crippen molar-refractivity contribution in [2.24, 2.45) is 5.73 Å². The van der Waals surface area contributed by atoms with E-state index in [1.807, 2.05) is 0 Å². The summed E-state index contributed by atoms with van der Waals surface area (Å²) in [5, 5.41) is 19.2. The highest BCUT2D eigenvalue weighted by Gasteiger charge is 2.39. The van der Waals surface area contributed by atoms with Gasteiger partial charge >= 0.3 is 5.97 Å². The SMILES string of the molecule is NC(=O)CC[C@H](NC(=O)[C@@H]1CCCN1C(=O)CNC(=O)[C@@H]1CCCN1C(=O)[C@@H]1CCCN1)C(=O)NCC(=O)O. The Labute approximate surface area is 225 Å². The molecule has 0 saturated carbocycles. The number of nitrogens with zero attached hydrogens (tertiary/aromatic N) is 2. The number of nitrogens with two attached hydrogens (primary N) is 1. The number of rotatable bonds is 12. The molecule has 3 heterocycles. The maximum Gasteiger partial charge on any atom is 0.322 e. The molecule has 0 aromatic carbocycles. The van der Waals surface area contributed by atoms with Gasteiger partial charge < -0.3 is 41.9 Å². The van der Waals surface area contributed by atoms with Crippen LogP contribution in [0.4, 0.5) is 0 Å². The minimum Gasteiger partial charge on any atom is -0.480 e. The number of nitrogens with one attached hydrogen (secondary N) is 4. The first-order valence-corrected chi connectivity index (χ1v) is 13.3. The molecule has 0 aromatic rings. The number of carbonyl (C=O) groups excluding carboxylic acids is 6. The van der Waals surface area contributed by atoms with E-state index in [-0.39, 0.29) is 37.9 Å². The molecular weight excluding hydrogens is 514 g/mol. The number of amides is 6. The first-order valence-electron chi connectivity index (χ1n) is 13.3. The predicted octanol–water partition coefficient (Wildman–Crippen LogP) is -3.21. The number of primary amides is 1. The number of carboxylic acids is 1. The number of likely N-dealkylation sites (tertiary alicyclic amines) is 2. The second-order valence-corrected chi connectivity index (χ2v) is 9.98. The highest BCUT2D eigenvalue weighted by atomic mass is 16.4. The van der Waals surface area contributed by atoms with Crippen molar-refractivity contribution in [3.63, 3.8) is 0 Å². The summed E-state index contributed by atoms with van der Waals surface area (Å²) in [5.74, 6) is -4.42. The molecule has 7 N–H and O–H groups in total. The maximum atomic E-state index is 13.0. The van der Waals surface area contributed by atoms with E-state index in [1.54, 1.807) is 4.90 Å². The van der Waals surface area contributed by atoms with E-state index in [2.05, 4.69) is 21.3 Å². The normalized spacial score (nSPS) is 23.2. The van der Waals surface area contributed by atoms with E-state index >= 15 is 0 Å². The third-order valence-electron chi connectivity index (χ3n) is 7.21. The standard InChI is InChI=1S/C24H37N7O8/c25-18(32)8-7-14(21(36)28-13-20(34)35)29-23(38)17-6-2-10-30(17)19(33)12-27-22(37)16-5-3-11-31(16)24(39)15-4-1-9-26-15/h14-17,26H,1-13H2,(H2,25,32)(H,27,37)(H,28,36)(H,29,38)(H,34,35)/t14-,15-,16-,17-/m0/s1. The smallest absolute Gasteiger partial charge is 0.322 e. The van der Waals surface area contributed by atoms with Gasteiger partial charge in [0.25, 0.3) is 0 Å². The first-order chi connectivity index (χ1) is 18.6. The predicted molar refractivity (Wildman–Crippen MR) is 135 cm³/mol. The van der Waals surface area contributed by atoms with Gasteiger partial charge in [-0.05, 0) is 51.5 Å². The summed E-state index contributed by atoms with van der Waals surface area (Å²) < 4.78 is 0. The first kappa shape index (κ1) is 29.8. The number of hydrogen-bond acceptors (Lipinski definition) is 8. The molecule has 0 aliphatic carbocycles. The molecule has 0 spiro atoms. The van der Waals surface area contributed by atoms with Gasteiger partial charge in [0, 0.05) is 19.5 Å². The fourth-order valence-electron chi connectivity index (χ4n) is 5.23. The van der Waals surface area contributed by atoms with Gasteiger partial charge in [-0.3, -0.25) is 33.6 Å². The zero-order valence-electron chi connectivity index (χ0n) is 21.8. The summed E-state index contributed by atoms with van der Waals surface area (Å²) in [6.45, 7) is 0.489. The monoisotopic (exact) mass is 551 g/mol. The lowest BCUT2D eigenvalue weighted by molar-refractivity contribution is -0.142. The molecule has 3 aliphatic rings. The van der Waals surface area contributed by atoms with Gasteiger partial charge in [-0.15, -0.1) is 0 Å². The van der Waals surface area contributed by atoms with Gasteiger partial charge in [-0.2, -0.15) is 0 Å². The van der Waals surface area contributed by atoms with Crippen molar-refractivity contribution in [2.75, 3.05) is 32.7 Å². The van der Waals surface area contributed by atoms with Crippen LogP contribution in [0.3, 0.4) is 0 Å². The number of carboxylic acid groups (broad SMARTS) is 1. The third-order valence-corrected chi connectivity index (χ3v) is 7.21. The van der Waals surface area contributed by atoms with Gasteiger partial charge in [0.15, 0.2) is 0 Å². The fourth-order valence-corrected chi connectivity index (χ4v) is 5.23. The van der Waals surface area contributed by atoms with E-state index in [0.29, 0.717) is 32.2 Å². The second-order valence-electron chi connectivity index (χ2n) is 9.98. The molecule has 4 atom stereocenters. The van der Waals surface area contributed by atoms with Crippen molar-refractivity contribution >= 4 is 41.4 Å². The highest BCUT2D eigenvalue weighted by molar-refractivity contribution is 5.95. The Hall–Kier alpha value is -3.75. The second kappa shape index (κ2) is 13.9. The molecule has 0 aromatic heterocycles. The third kappa shape index (κ3) is 8.12. The van der Waals surface area contributed by atoms with E-state index in [9.17, 15) is 33.6 Å². The Kier molecular flexibility index (Phi) is 10.6. The molecule has 3 fully saturated rings. The molecular formula is C24H37N7O8. The van der Waals surface area contributed by atoms with E-state index < -0.39 is 60.2 Å². The van der Waals surface area contributed by atoms with Crippen molar-refractivity contribution < 1.29 is 38.7 Å². The lowest BCUT2D eigenvalue weighted by Crippen LogP contribution is -2.55. The molecule has 0 unspecified atom stereocenters. The Bertz CT molecular complexity index is 984. The van der Waals surface area contributed by atoms with Crippen LogP contribution >= 0.6 is 0 Å². The quantitative estimate of drug-likeness (QED) is 0.143. The summed E-state index contributed by atoms with van der Waals surface area (Å²) in [5.41, 5.74) is 5.15. The Balaban J connectivity index is 1.55. The van der Waals surface area contributed by atoms with Crippen LogP contribution in [-0.2, 0) is 33.6 Å². The van der Waals surface area contributed by atoms with Crippen molar-refractivity contribution in [1.29, 1.82) is 0 Å². The summed E-state index contributed by atoms with van der Waals surface area (Å²) in [6, 6.07) is -3.07. The number of carbonyl (C=O) groups is 7. The summed E-state index contributed by atoms with van der Waals surface area (Å²) in [7, 11) is 0. The van der Waals surface area contributed by atoms with Crippen molar-refractivity contribution in [1.82, 2.24) is 31.1 Å². The van der Waals surface area contributed by atoms with Crippen LogP contribution in [0, 0.1) is 0 Å². The summed E-state index contributed by atoms with van der Waals surface area (Å²) >= 11 is 0. The van der Waals surface area contributed by atoms with Crippen molar-refractivity contribution in [3.8, 4) is 0 Å². The van der Waals surface area contributed by atoms with Gasteiger partial charge in [0.05, 0.1) is 12.6 Å². The molecule has 15 heteroatoms. The van der Waals surface area contributed by atoms with Crippen LogP contribution < -0.4 is 27.0 Å². The largest absolute Gasteiger partial charge is 0.480 e. The zero-order chi connectivity index (χ0) is 28.5. The molecule has 0 radical (unpaired) electrons. The van der Waals surface area contributed by atoms with Crippen molar-refractivity contribution in [3.05, 3.63) is 0 Å². The number of hydrogen-bond donors (Lipinski definition) is 6. The summed E-state index contributed by atoms with van der Waals surface area (Å²) in [4.78, 5) is 88.9. The van der Waals surface area contributed by atoms with Crippen LogP contribution in [0.1, 0.15) is 51.4 Å². The van der Waals surface area contributed by atoms with Gasteiger partial charge in [-0.25, -0.2) is 0 Å². The molecule has 15 nitrogen and oxygen atoms in total. The minimum absolute atomic E-state index is 0.106. The zero-order valence-corrected chi connectivity index (χ0v) is 21.8. The van der Waals surface area contributed by atoms with E-state index in [4.69, 9.17) is 10.8 Å². The average molecular weight is 552 g/mol. The fraction of sp³-hybridized carbons (Fsp3) is 0.708.